The topological polar surface area (TPSA) is 431 Å². The summed E-state index contributed by atoms with van der Waals surface area (Å²) in [6.07, 6.45) is -22.3. The third-order valence-electron chi connectivity index (χ3n) is 14.6. The molecule has 0 aliphatic carbocycles. The van der Waals surface area contributed by atoms with E-state index in [1.807, 2.05) is 0 Å². The van der Waals surface area contributed by atoms with Gasteiger partial charge in [-0.05, 0) is 92.3 Å². The number of carbonyl (C=O) groups is 1. The van der Waals surface area contributed by atoms with Crippen molar-refractivity contribution in [2.45, 2.75) is 190 Å². The average Bonchev–Trinajstić information content (AvgIpc) is 3.34. The van der Waals surface area contributed by atoms with Crippen LogP contribution in [-0.4, -0.2) is 242 Å². The van der Waals surface area contributed by atoms with Crippen molar-refractivity contribution >= 4 is 5.97 Å². The second-order valence-corrected chi connectivity index (χ2v) is 20.4. The van der Waals surface area contributed by atoms with Gasteiger partial charge in [0.2, 0.25) is 0 Å². The molecule has 70 heavy (non-hydrogen) atoms. The lowest BCUT2D eigenvalue weighted by molar-refractivity contribution is -0.270. The van der Waals surface area contributed by atoms with Gasteiger partial charge in [-0.15, -0.1) is 0 Å². The Morgan fingerprint density at radius 3 is 1.01 bits per heavy atom. The zero-order valence-electron chi connectivity index (χ0n) is 41.7. The molecule has 20 N–H and O–H groups in total. The van der Waals surface area contributed by atoms with E-state index in [0.717, 1.165) is 32.1 Å². The van der Waals surface area contributed by atoms with Gasteiger partial charge >= 0.3 is 5.97 Å². The number of carbonyl (C=O) groups excluding carboxylic acids is 1. The van der Waals surface area contributed by atoms with Crippen LogP contribution in [0.15, 0.2) is 0 Å². The molecule has 11 unspecified atom stereocenters. The number of hydrogen-bond acceptors (Lipinski definition) is 22. The Labute approximate surface area is 413 Å². The van der Waals surface area contributed by atoms with E-state index in [2.05, 4.69) is 13.8 Å². The smallest absolute Gasteiger partial charge is 0.312 e. The molecular formula is C48H96O22. The van der Waals surface area contributed by atoms with Gasteiger partial charge in [0.1, 0.15) is 12.7 Å². The maximum atomic E-state index is 15.6. The summed E-state index contributed by atoms with van der Waals surface area (Å²) in [5.74, 6) is -2.36. The molecule has 0 radical (unpaired) electrons. The van der Waals surface area contributed by atoms with E-state index in [0.29, 0.717) is 18.8 Å². The van der Waals surface area contributed by atoms with E-state index < -0.39 is 225 Å². The summed E-state index contributed by atoms with van der Waals surface area (Å²) >= 11 is 0. The first kappa shape index (κ1) is 68.7. The number of aliphatic hydroxyl groups is 20. The summed E-state index contributed by atoms with van der Waals surface area (Å²) in [6.45, 7) is -7.95. The highest BCUT2D eigenvalue weighted by molar-refractivity contribution is 5.79. The first-order valence-electron chi connectivity index (χ1n) is 25.1. The lowest BCUT2D eigenvalue weighted by Crippen LogP contribution is -2.70. The number of aliphatic hydroxyl groups excluding tert-OH is 20. The Morgan fingerprint density at radius 1 is 0.371 bits per heavy atom. The van der Waals surface area contributed by atoms with E-state index in [4.69, 9.17) is 4.74 Å². The second-order valence-electron chi connectivity index (χ2n) is 20.4. The predicted molar refractivity (Wildman–Crippen MR) is 253 cm³/mol. The zero-order valence-corrected chi connectivity index (χ0v) is 41.7. The average molecular weight is 1030 g/mol. The van der Waals surface area contributed by atoms with Crippen LogP contribution in [0.25, 0.3) is 0 Å². The van der Waals surface area contributed by atoms with E-state index >= 15 is 4.79 Å². The summed E-state index contributed by atoms with van der Waals surface area (Å²) in [4.78, 5) is 15.6. The SMILES string of the molecule is CC(C)CCCCCCCCCC(CC(O)CO)C(CC(O)CO)(CC(O)CO)C(CC(O)CO)(CC(O)CO)C(CC(O)CO)(CC(O)CO)C(CC(O)CO)(CC(O)CO)C(=O)OCC(O)CO. The monoisotopic (exact) mass is 1020 g/mol. The highest BCUT2D eigenvalue weighted by Gasteiger charge is 2.74. The van der Waals surface area contributed by atoms with Gasteiger partial charge in [-0.25, -0.2) is 0 Å². The van der Waals surface area contributed by atoms with E-state index in [-0.39, 0.29) is 12.8 Å². The molecule has 0 aromatic heterocycles. The summed E-state index contributed by atoms with van der Waals surface area (Å²) in [7, 11) is 0. The largest absolute Gasteiger partial charge is 0.462 e. The summed E-state index contributed by atoms with van der Waals surface area (Å²) < 4.78 is 5.65. The number of unbranched alkanes of at least 4 members (excludes halogenated alkanes) is 6. The molecular weight excluding hydrogens is 929 g/mol. The quantitative estimate of drug-likeness (QED) is 0.0206. The standard InChI is InChI=1S/C48H96O22/c1-32(2)10-8-6-4-3-5-7-9-11-33(12-34(59)21-49)45(13-35(60)22-50,14-36(61)23-51)47(17-39(64)26-54,18-40(65)27-55)48(19-41(66)28-56,20-42(67)29-57)46(15-37(62)24-52,16-38(63)25-53)44(69)70-31-43(68)30-58/h32-43,49-68H,3-31H2,1-2H3. The van der Waals surface area contributed by atoms with Gasteiger partial charge in [0.25, 0.3) is 0 Å². The lowest BCUT2D eigenvalue weighted by atomic mass is 9.33. The van der Waals surface area contributed by atoms with Gasteiger partial charge in [0.15, 0.2) is 0 Å². The van der Waals surface area contributed by atoms with Gasteiger partial charge in [-0.3, -0.25) is 4.79 Å². The van der Waals surface area contributed by atoms with Crippen LogP contribution in [0.4, 0.5) is 0 Å². The Bertz CT molecular complexity index is 1270. The number of ether oxygens (including phenoxy) is 1. The molecule has 0 aliphatic rings. The fourth-order valence-corrected chi connectivity index (χ4v) is 11.7. The van der Waals surface area contributed by atoms with E-state index in [1.54, 1.807) is 0 Å². The van der Waals surface area contributed by atoms with Crippen molar-refractivity contribution in [3.05, 3.63) is 0 Å². The molecule has 0 aromatic carbocycles. The van der Waals surface area contributed by atoms with Crippen molar-refractivity contribution in [1.82, 2.24) is 0 Å². The van der Waals surface area contributed by atoms with Crippen LogP contribution >= 0.6 is 0 Å². The minimum atomic E-state index is -2.95. The van der Waals surface area contributed by atoms with Gasteiger partial charge < -0.3 is 107 Å². The lowest BCUT2D eigenvalue weighted by Gasteiger charge is -2.70. The molecule has 22 nitrogen and oxygen atoms in total. The van der Waals surface area contributed by atoms with Crippen molar-refractivity contribution in [3.8, 4) is 0 Å². The van der Waals surface area contributed by atoms with Crippen LogP contribution in [0, 0.1) is 33.5 Å². The van der Waals surface area contributed by atoms with Crippen LogP contribution < -0.4 is 0 Å². The fourth-order valence-electron chi connectivity index (χ4n) is 11.7. The highest BCUT2D eigenvalue weighted by Crippen LogP contribution is 2.74. The third kappa shape index (κ3) is 20.4. The maximum absolute atomic E-state index is 15.6. The summed E-state index contributed by atoms with van der Waals surface area (Å²) in [5, 5.41) is 223. The normalized spacial score (nSPS) is 20.7. The van der Waals surface area contributed by atoms with Gasteiger partial charge in [-0.1, -0.05) is 65.2 Å². The molecule has 22 heteroatoms. The minimum absolute atomic E-state index is 0.0627. The maximum Gasteiger partial charge on any atom is 0.312 e. The molecule has 0 aliphatic heterocycles. The van der Waals surface area contributed by atoms with Crippen molar-refractivity contribution in [2.75, 3.05) is 72.7 Å². The van der Waals surface area contributed by atoms with Crippen LogP contribution in [0.2, 0.25) is 0 Å². The van der Waals surface area contributed by atoms with Gasteiger partial charge in [0.05, 0.1) is 126 Å². The molecule has 0 amide bonds. The van der Waals surface area contributed by atoms with E-state index in [1.165, 1.54) is 0 Å². The van der Waals surface area contributed by atoms with Crippen LogP contribution in [0.1, 0.15) is 129 Å². The summed E-state index contributed by atoms with van der Waals surface area (Å²) in [5.41, 5.74) is -10.8. The second kappa shape index (κ2) is 35.8. The minimum Gasteiger partial charge on any atom is -0.462 e. The Balaban J connectivity index is 10.0. The number of rotatable bonds is 45. The first-order valence-corrected chi connectivity index (χ1v) is 25.1. The fraction of sp³-hybridized carbons (Fsp3) is 0.979. The highest BCUT2D eigenvalue weighted by atomic mass is 16.5. The van der Waals surface area contributed by atoms with Crippen LogP contribution in [0.5, 0.6) is 0 Å². The van der Waals surface area contributed by atoms with E-state index in [9.17, 15) is 102 Å². The Morgan fingerprint density at radius 2 is 0.671 bits per heavy atom. The van der Waals surface area contributed by atoms with Crippen molar-refractivity contribution < 1.29 is 112 Å². The molecule has 0 bridgehead atoms. The Kier molecular flexibility index (Phi) is 35.1. The number of esters is 1. The molecule has 0 rings (SSSR count). The molecule has 0 aromatic rings. The van der Waals surface area contributed by atoms with Crippen molar-refractivity contribution in [3.63, 3.8) is 0 Å². The van der Waals surface area contributed by atoms with Gasteiger partial charge in [0, 0.05) is 0 Å². The van der Waals surface area contributed by atoms with Gasteiger partial charge in [-0.2, -0.15) is 0 Å². The zero-order chi connectivity index (χ0) is 53.7. The third-order valence-corrected chi connectivity index (χ3v) is 14.6. The predicted octanol–water partition coefficient (Wildman–Crippen LogP) is -3.70. The molecule has 420 valence electrons. The van der Waals surface area contributed by atoms with Crippen LogP contribution in [-0.2, 0) is 9.53 Å². The van der Waals surface area contributed by atoms with Crippen molar-refractivity contribution in [2.24, 2.45) is 33.5 Å². The van der Waals surface area contributed by atoms with Crippen molar-refractivity contribution in [1.29, 1.82) is 0 Å². The molecule has 0 fully saturated rings. The molecule has 11 atom stereocenters. The number of hydrogen-bond donors (Lipinski definition) is 20. The molecule has 0 heterocycles. The molecule has 0 saturated carbocycles. The van der Waals surface area contributed by atoms with Crippen LogP contribution in [0.3, 0.4) is 0 Å². The molecule has 0 spiro atoms. The first-order chi connectivity index (χ1) is 33.0. The molecule has 0 saturated heterocycles. The summed E-state index contributed by atoms with van der Waals surface area (Å²) in [6, 6.07) is 0. The Hall–Kier alpha value is -1.33.